The molecular formula is C27H45NO2. The van der Waals surface area contributed by atoms with Crippen LogP contribution in [-0.2, 0) is 0 Å². The predicted molar refractivity (Wildman–Crippen MR) is 120 cm³/mol. The Morgan fingerprint density at radius 1 is 0.800 bits per heavy atom. The Hall–Kier alpha value is -0.120. The average molecular weight is 416 g/mol. The highest BCUT2D eigenvalue weighted by Gasteiger charge is 2.65. The molecule has 3 heteroatoms. The molecule has 170 valence electrons. The summed E-state index contributed by atoms with van der Waals surface area (Å²) in [6.45, 7) is 10.2. The van der Waals surface area contributed by atoms with Crippen molar-refractivity contribution in [2.24, 2.45) is 52.8 Å². The van der Waals surface area contributed by atoms with E-state index in [0.717, 1.165) is 66.7 Å². The molecule has 2 heterocycles. The van der Waals surface area contributed by atoms with E-state index in [-0.39, 0.29) is 11.5 Å². The third-order valence-electron chi connectivity index (χ3n) is 12.1. The van der Waals surface area contributed by atoms with Gasteiger partial charge in [0.2, 0.25) is 0 Å². The van der Waals surface area contributed by atoms with Crippen molar-refractivity contribution < 1.29 is 10.2 Å². The lowest BCUT2D eigenvalue weighted by Gasteiger charge is -2.58. The van der Waals surface area contributed by atoms with Gasteiger partial charge in [-0.15, -0.1) is 0 Å². The molecule has 4 saturated carbocycles. The van der Waals surface area contributed by atoms with E-state index < -0.39 is 5.60 Å². The second kappa shape index (κ2) is 6.94. The smallest absolute Gasteiger partial charge is 0.0728 e. The first-order chi connectivity index (χ1) is 14.3. The molecule has 6 fully saturated rings. The van der Waals surface area contributed by atoms with E-state index in [9.17, 15) is 10.2 Å². The highest BCUT2D eigenvalue weighted by molar-refractivity contribution is 5.15. The molecule has 2 N–H and O–H groups in total. The van der Waals surface area contributed by atoms with Gasteiger partial charge in [-0.05, 0) is 111 Å². The molecule has 6 rings (SSSR count). The predicted octanol–water partition coefficient (Wildman–Crippen LogP) is 4.71. The zero-order valence-electron chi connectivity index (χ0n) is 19.6. The van der Waals surface area contributed by atoms with Gasteiger partial charge in [0.05, 0.1) is 11.7 Å². The van der Waals surface area contributed by atoms with E-state index in [1.54, 1.807) is 0 Å². The fourth-order valence-electron chi connectivity index (χ4n) is 10.5. The van der Waals surface area contributed by atoms with E-state index in [0.29, 0.717) is 12.3 Å². The fourth-order valence-corrected chi connectivity index (χ4v) is 10.5. The van der Waals surface area contributed by atoms with E-state index >= 15 is 0 Å². The monoisotopic (exact) mass is 415 g/mol. The molecule has 0 bridgehead atoms. The lowest BCUT2D eigenvalue weighted by Crippen LogP contribution is -2.59. The summed E-state index contributed by atoms with van der Waals surface area (Å²) >= 11 is 0. The van der Waals surface area contributed by atoms with Gasteiger partial charge in [-0.1, -0.05) is 20.8 Å². The molecule has 6 aliphatic rings. The van der Waals surface area contributed by atoms with Gasteiger partial charge in [-0.2, -0.15) is 0 Å². The molecule has 2 aliphatic heterocycles. The highest BCUT2D eigenvalue weighted by Crippen LogP contribution is 2.68. The van der Waals surface area contributed by atoms with Crippen LogP contribution in [0.4, 0.5) is 0 Å². The van der Waals surface area contributed by atoms with Crippen molar-refractivity contribution in [3.8, 4) is 0 Å². The van der Waals surface area contributed by atoms with Crippen LogP contribution in [-0.4, -0.2) is 45.9 Å². The number of aliphatic hydroxyl groups is 2. The number of piperidine rings is 2. The number of nitrogens with zero attached hydrogens (tertiary/aromatic N) is 1. The molecule has 0 aromatic rings. The van der Waals surface area contributed by atoms with Crippen molar-refractivity contribution in [2.75, 3.05) is 13.1 Å². The molecule has 0 spiro atoms. The highest BCUT2D eigenvalue weighted by atomic mass is 16.3. The first kappa shape index (κ1) is 20.5. The summed E-state index contributed by atoms with van der Waals surface area (Å²) in [4.78, 5) is 2.92. The SMILES string of the molecule is C[C@H]1CC[C@H]2[C@H](C)[C@H]3CC[C@@H]4[C@@H](C[C@H]5[C@H]4CC[C@@]4(O)C[C@@H](O)CC[C@]54C)[C@@H]3CN2C1. The van der Waals surface area contributed by atoms with Crippen LogP contribution in [0.1, 0.15) is 85.0 Å². The number of rotatable bonds is 0. The van der Waals surface area contributed by atoms with Crippen molar-refractivity contribution in [1.29, 1.82) is 0 Å². The molecule has 4 aliphatic carbocycles. The van der Waals surface area contributed by atoms with Crippen LogP contribution in [0.15, 0.2) is 0 Å². The standard InChI is InChI=1S/C27H45NO2/c1-16-4-7-25-17(2)19-5-6-20-21-9-11-27(30)13-18(29)8-10-26(27,3)24(21)12-22(20)23(19)15-28(25)14-16/h16-25,29-30H,4-15H2,1-3H3/t16-,17+,18-,19+,20-,21-,22+,23+,24-,25-,26+,27+/m0/s1. The van der Waals surface area contributed by atoms with Crippen LogP contribution in [0.3, 0.4) is 0 Å². The van der Waals surface area contributed by atoms with Gasteiger partial charge < -0.3 is 10.2 Å². The number of aliphatic hydroxyl groups excluding tert-OH is 1. The van der Waals surface area contributed by atoms with Crippen LogP contribution >= 0.6 is 0 Å². The van der Waals surface area contributed by atoms with Crippen LogP contribution < -0.4 is 0 Å². The van der Waals surface area contributed by atoms with Crippen molar-refractivity contribution >= 4 is 0 Å². The minimum absolute atomic E-state index is 0.0322. The second-order valence-corrected chi connectivity index (χ2v) is 13.2. The third-order valence-corrected chi connectivity index (χ3v) is 12.1. The number of fused-ring (bicyclic) bond motifs is 8. The van der Waals surface area contributed by atoms with Crippen LogP contribution in [0.2, 0.25) is 0 Å². The molecule has 3 nitrogen and oxygen atoms in total. The van der Waals surface area contributed by atoms with Gasteiger partial charge >= 0.3 is 0 Å². The molecule has 12 atom stereocenters. The Balaban J connectivity index is 1.28. The van der Waals surface area contributed by atoms with Crippen molar-refractivity contribution in [2.45, 2.75) is 103 Å². The summed E-state index contributed by atoms with van der Waals surface area (Å²) in [5.74, 6) is 6.92. The normalized spacial score (nSPS) is 60.7. The Morgan fingerprint density at radius 3 is 2.43 bits per heavy atom. The van der Waals surface area contributed by atoms with E-state index in [2.05, 4.69) is 25.7 Å². The summed E-state index contributed by atoms with van der Waals surface area (Å²) < 4.78 is 0. The molecule has 0 amide bonds. The first-order valence-electron chi connectivity index (χ1n) is 13.5. The summed E-state index contributed by atoms with van der Waals surface area (Å²) in [6, 6.07) is 0.852. The molecule has 0 unspecified atom stereocenters. The first-order valence-corrected chi connectivity index (χ1v) is 13.5. The third kappa shape index (κ3) is 2.73. The van der Waals surface area contributed by atoms with Crippen molar-refractivity contribution in [3.63, 3.8) is 0 Å². The average Bonchev–Trinajstić information content (AvgIpc) is 3.09. The Labute approximate surface area is 184 Å². The van der Waals surface area contributed by atoms with Gasteiger partial charge in [0.1, 0.15) is 0 Å². The molecule has 0 aromatic heterocycles. The van der Waals surface area contributed by atoms with Crippen LogP contribution in [0.5, 0.6) is 0 Å². The number of hydrogen-bond donors (Lipinski definition) is 2. The van der Waals surface area contributed by atoms with E-state index in [4.69, 9.17) is 0 Å². The lowest BCUT2D eigenvalue weighted by molar-refractivity contribution is -0.195. The fraction of sp³-hybridized carbons (Fsp3) is 1.00. The summed E-state index contributed by atoms with van der Waals surface area (Å²) in [5.41, 5.74) is -0.587. The maximum absolute atomic E-state index is 11.7. The van der Waals surface area contributed by atoms with E-state index in [1.165, 1.54) is 51.6 Å². The van der Waals surface area contributed by atoms with Gasteiger partial charge in [-0.25, -0.2) is 0 Å². The molecule has 30 heavy (non-hydrogen) atoms. The largest absolute Gasteiger partial charge is 0.393 e. The van der Waals surface area contributed by atoms with Crippen LogP contribution in [0, 0.1) is 52.8 Å². The van der Waals surface area contributed by atoms with Crippen LogP contribution in [0.25, 0.3) is 0 Å². The number of hydrogen-bond acceptors (Lipinski definition) is 3. The molecule has 0 aromatic carbocycles. The van der Waals surface area contributed by atoms with Crippen molar-refractivity contribution in [1.82, 2.24) is 4.90 Å². The lowest BCUT2D eigenvalue weighted by atomic mass is 9.50. The Kier molecular flexibility index (Phi) is 4.74. The van der Waals surface area contributed by atoms with Gasteiger partial charge in [-0.3, -0.25) is 4.90 Å². The summed E-state index contributed by atoms with van der Waals surface area (Å²) in [6.07, 6.45) is 11.6. The zero-order chi connectivity index (χ0) is 20.8. The minimum Gasteiger partial charge on any atom is -0.393 e. The van der Waals surface area contributed by atoms with Gasteiger partial charge in [0.15, 0.2) is 0 Å². The minimum atomic E-state index is -0.619. The van der Waals surface area contributed by atoms with Crippen molar-refractivity contribution in [3.05, 3.63) is 0 Å². The Bertz CT molecular complexity index is 680. The molecule has 2 saturated heterocycles. The van der Waals surface area contributed by atoms with Gasteiger partial charge in [0, 0.05) is 25.6 Å². The molecular weight excluding hydrogens is 370 g/mol. The van der Waals surface area contributed by atoms with Gasteiger partial charge in [0.25, 0.3) is 0 Å². The zero-order valence-corrected chi connectivity index (χ0v) is 19.6. The Morgan fingerprint density at radius 2 is 1.60 bits per heavy atom. The van der Waals surface area contributed by atoms with E-state index in [1.807, 2.05) is 0 Å². The topological polar surface area (TPSA) is 43.7 Å². The summed E-state index contributed by atoms with van der Waals surface area (Å²) in [7, 11) is 0. The second-order valence-electron chi connectivity index (χ2n) is 13.2. The maximum atomic E-state index is 11.7. The summed E-state index contributed by atoms with van der Waals surface area (Å²) in [5, 5.41) is 22.0. The molecule has 0 radical (unpaired) electrons. The maximum Gasteiger partial charge on any atom is 0.0728 e. The quantitative estimate of drug-likeness (QED) is 0.602.